The maximum atomic E-state index is 5.90. The molecular formula is C10H13N5. The number of anilines is 1. The summed E-state index contributed by atoms with van der Waals surface area (Å²) < 4.78 is 0. The van der Waals surface area contributed by atoms with Crippen molar-refractivity contribution in [1.29, 1.82) is 0 Å². The van der Waals surface area contributed by atoms with Crippen molar-refractivity contribution in [2.45, 2.75) is 12.5 Å². The third kappa shape index (κ3) is 1.35. The molecule has 5 heteroatoms. The number of H-pyrrole nitrogens is 1. The summed E-state index contributed by atoms with van der Waals surface area (Å²) in [7, 11) is 0. The molecule has 1 fully saturated rings. The molecule has 2 aromatic heterocycles. The topological polar surface area (TPSA) is 70.8 Å². The minimum Gasteiger partial charge on any atom is -0.369 e. The number of nitrogens with zero attached hydrogens (tertiary/aromatic N) is 3. The third-order valence-corrected chi connectivity index (χ3v) is 2.90. The monoisotopic (exact) mass is 203 g/mol. The molecule has 78 valence electrons. The molecule has 0 bridgehead atoms. The quantitative estimate of drug-likeness (QED) is 0.707. The van der Waals surface area contributed by atoms with Gasteiger partial charge in [-0.3, -0.25) is 5.10 Å². The van der Waals surface area contributed by atoms with Crippen LogP contribution in [0.5, 0.6) is 0 Å². The highest BCUT2D eigenvalue weighted by atomic mass is 15.2. The van der Waals surface area contributed by atoms with E-state index in [-0.39, 0.29) is 0 Å². The molecule has 3 N–H and O–H groups in total. The van der Waals surface area contributed by atoms with Crippen molar-refractivity contribution in [2.75, 3.05) is 18.0 Å². The van der Waals surface area contributed by atoms with Gasteiger partial charge in [0, 0.05) is 25.3 Å². The first kappa shape index (κ1) is 8.67. The van der Waals surface area contributed by atoms with Gasteiger partial charge in [-0.15, -0.1) is 0 Å². The van der Waals surface area contributed by atoms with Gasteiger partial charge in [-0.1, -0.05) is 0 Å². The summed E-state index contributed by atoms with van der Waals surface area (Å²) >= 11 is 0. The van der Waals surface area contributed by atoms with Gasteiger partial charge >= 0.3 is 0 Å². The Bertz CT molecular complexity index is 477. The molecule has 0 saturated carbocycles. The Morgan fingerprint density at radius 3 is 3.27 bits per heavy atom. The summed E-state index contributed by atoms with van der Waals surface area (Å²) in [4.78, 5) is 6.51. The summed E-state index contributed by atoms with van der Waals surface area (Å²) in [5, 5.41) is 7.96. The zero-order valence-electron chi connectivity index (χ0n) is 8.35. The van der Waals surface area contributed by atoms with Gasteiger partial charge in [0.2, 0.25) is 0 Å². The lowest BCUT2D eigenvalue weighted by Crippen LogP contribution is -2.26. The molecule has 15 heavy (non-hydrogen) atoms. The van der Waals surface area contributed by atoms with E-state index in [4.69, 9.17) is 5.73 Å². The second kappa shape index (κ2) is 3.20. The van der Waals surface area contributed by atoms with Crippen molar-refractivity contribution in [3.05, 3.63) is 18.5 Å². The van der Waals surface area contributed by atoms with Crippen molar-refractivity contribution in [2.24, 2.45) is 5.73 Å². The summed E-state index contributed by atoms with van der Waals surface area (Å²) in [5.74, 6) is 0. The fourth-order valence-corrected chi connectivity index (χ4v) is 2.12. The number of nitrogens with two attached hydrogens (primary N) is 1. The van der Waals surface area contributed by atoms with Crippen LogP contribution >= 0.6 is 0 Å². The first-order valence-electron chi connectivity index (χ1n) is 5.13. The predicted octanol–water partition coefficient (Wildman–Crippen LogP) is 0.495. The smallest absolute Gasteiger partial charge is 0.157 e. The van der Waals surface area contributed by atoms with Gasteiger partial charge in [0.1, 0.15) is 0 Å². The molecule has 0 aromatic carbocycles. The van der Waals surface area contributed by atoms with E-state index in [2.05, 4.69) is 20.1 Å². The highest BCUT2D eigenvalue weighted by Gasteiger charge is 2.21. The molecule has 3 heterocycles. The van der Waals surface area contributed by atoms with Crippen molar-refractivity contribution in [3.63, 3.8) is 0 Å². The molecule has 1 aliphatic heterocycles. The van der Waals surface area contributed by atoms with Gasteiger partial charge < -0.3 is 10.6 Å². The number of hydrogen-bond acceptors (Lipinski definition) is 4. The molecule has 3 rings (SSSR count). The van der Waals surface area contributed by atoms with Crippen molar-refractivity contribution in [1.82, 2.24) is 15.2 Å². The van der Waals surface area contributed by atoms with E-state index in [1.807, 2.05) is 12.3 Å². The van der Waals surface area contributed by atoms with Crippen LogP contribution in [0.3, 0.4) is 0 Å². The zero-order chi connectivity index (χ0) is 10.3. The Kier molecular flexibility index (Phi) is 1.85. The first-order chi connectivity index (χ1) is 7.34. The second-order valence-electron chi connectivity index (χ2n) is 3.96. The number of aromatic amines is 1. The van der Waals surface area contributed by atoms with E-state index in [0.717, 1.165) is 30.5 Å². The fourth-order valence-electron chi connectivity index (χ4n) is 2.12. The highest BCUT2D eigenvalue weighted by molar-refractivity contribution is 5.88. The zero-order valence-corrected chi connectivity index (χ0v) is 8.35. The van der Waals surface area contributed by atoms with Crippen molar-refractivity contribution >= 4 is 16.7 Å². The molecule has 0 radical (unpaired) electrons. The average Bonchev–Trinajstić information content (AvgIpc) is 2.84. The first-order valence-corrected chi connectivity index (χ1v) is 5.13. The Morgan fingerprint density at radius 2 is 2.47 bits per heavy atom. The largest absolute Gasteiger partial charge is 0.369 e. The Hall–Kier alpha value is -1.62. The second-order valence-corrected chi connectivity index (χ2v) is 3.96. The molecule has 1 saturated heterocycles. The molecule has 0 amide bonds. The van der Waals surface area contributed by atoms with Crippen LogP contribution in [-0.2, 0) is 0 Å². The van der Waals surface area contributed by atoms with Crippen LogP contribution in [0.15, 0.2) is 18.5 Å². The Balaban J connectivity index is 2.06. The summed E-state index contributed by atoms with van der Waals surface area (Å²) in [6.45, 7) is 1.94. The molecule has 1 unspecified atom stereocenters. The molecule has 5 nitrogen and oxygen atoms in total. The number of pyridine rings is 1. The van der Waals surface area contributed by atoms with Gasteiger partial charge in [-0.25, -0.2) is 4.98 Å². The number of aromatic nitrogens is 3. The van der Waals surface area contributed by atoms with E-state index >= 15 is 0 Å². The lowest BCUT2D eigenvalue weighted by molar-refractivity contribution is 0.752. The van der Waals surface area contributed by atoms with Crippen LogP contribution in [0.1, 0.15) is 6.42 Å². The van der Waals surface area contributed by atoms with Crippen LogP contribution in [0.2, 0.25) is 0 Å². The van der Waals surface area contributed by atoms with Crippen LogP contribution in [0, 0.1) is 0 Å². The Morgan fingerprint density at radius 1 is 1.53 bits per heavy atom. The number of fused-ring (bicyclic) bond motifs is 1. The highest BCUT2D eigenvalue weighted by Crippen LogP contribution is 2.26. The van der Waals surface area contributed by atoms with Gasteiger partial charge in [-0.2, -0.15) is 5.10 Å². The maximum Gasteiger partial charge on any atom is 0.157 e. The average molecular weight is 203 g/mol. The van der Waals surface area contributed by atoms with Gasteiger partial charge in [0.25, 0.3) is 0 Å². The van der Waals surface area contributed by atoms with Crippen LogP contribution in [0.25, 0.3) is 11.0 Å². The van der Waals surface area contributed by atoms with Gasteiger partial charge in [-0.05, 0) is 12.5 Å². The standard InChI is InChI=1S/C10H13N5/c11-7-2-4-15(6-7)9-1-3-12-10-8(9)5-13-14-10/h1,3,5,7H,2,4,6,11H2,(H,12,13,14). The van der Waals surface area contributed by atoms with Crippen molar-refractivity contribution in [3.8, 4) is 0 Å². The van der Waals surface area contributed by atoms with E-state index in [9.17, 15) is 0 Å². The minimum absolute atomic E-state index is 0.292. The molecule has 2 aromatic rings. The number of hydrogen-bond donors (Lipinski definition) is 2. The Labute approximate surface area is 87.3 Å². The maximum absolute atomic E-state index is 5.90. The lowest BCUT2D eigenvalue weighted by atomic mass is 10.3. The van der Waals surface area contributed by atoms with Crippen LogP contribution < -0.4 is 10.6 Å². The molecule has 1 atom stereocenters. The van der Waals surface area contributed by atoms with Gasteiger partial charge in [0.05, 0.1) is 17.3 Å². The molecule has 0 spiro atoms. The number of nitrogens with one attached hydrogen (secondary N) is 1. The molecule has 0 aliphatic carbocycles. The summed E-state index contributed by atoms with van der Waals surface area (Å²) in [6.07, 6.45) is 4.68. The summed E-state index contributed by atoms with van der Waals surface area (Å²) in [5.41, 5.74) is 7.92. The fraction of sp³-hybridized carbons (Fsp3) is 0.400. The van der Waals surface area contributed by atoms with E-state index < -0.39 is 0 Å². The predicted molar refractivity (Wildman–Crippen MR) is 58.7 cm³/mol. The summed E-state index contributed by atoms with van der Waals surface area (Å²) in [6, 6.07) is 2.32. The third-order valence-electron chi connectivity index (χ3n) is 2.90. The van der Waals surface area contributed by atoms with E-state index in [1.54, 1.807) is 6.20 Å². The SMILES string of the molecule is NC1CCN(c2ccnc3[nH]ncc23)C1. The van der Waals surface area contributed by atoms with Gasteiger partial charge in [0.15, 0.2) is 5.65 Å². The van der Waals surface area contributed by atoms with Crippen molar-refractivity contribution < 1.29 is 0 Å². The van der Waals surface area contributed by atoms with E-state index in [0.29, 0.717) is 6.04 Å². The molecular weight excluding hydrogens is 190 g/mol. The number of rotatable bonds is 1. The minimum atomic E-state index is 0.292. The van der Waals surface area contributed by atoms with Crippen LogP contribution in [-0.4, -0.2) is 34.3 Å². The normalized spacial score (nSPS) is 21.4. The lowest BCUT2D eigenvalue weighted by Gasteiger charge is -2.18. The van der Waals surface area contributed by atoms with E-state index in [1.165, 1.54) is 5.69 Å². The molecule has 1 aliphatic rings. The van der Waals surface area contributed by atoms with Crippen LogP contribution in [0.4, 0.5) is 5.69 Å².